The molecule has 2 N–H and O–H groups in total. The van der Waals surface area contributed by atoms with Crippen molar-refractivity contribution in [3.63, 3.8) is 0 Å². The van der Waals surface area contributed by atoms with Crippen LogP contribution in [-0.4, -0.2) is 48.3 Å². The van der Waals surface area contributed by atoms with Crippen LogP contribution in [0.25, 0.3) is 5.65 Å². The molecule has 0 amide bonds. The fraction of sp³-hybridized carbons (Fsp3) is 0.440. The first-order chi connectivity index (χ1) is 15.6. The van der Waals surface area contributed by atoms with Crippen LogP contribution in [-0.2, 0) is 17.7 Å². The Morgan fingerprint density at radius 3 is 2.97 bits per heavy atom. The maximum absolute atomic E-state index is 6.11. The molecule has 0 spiro atoms. The summed E-state index contributed by atoms with van der Waals surface area (Å²) < 4.78 is 13.9. The lowest BCUT2D eigenvalue weighted by atomic mass is 10.1. The molecule has 1 aliphatic heterocycles. The van der Waals surface area contributed by atoms with Crippen molar-refractivity contribution in [3.05, 3.63) is 65.1 Å². The van der Waals surface area contributed by atoms with E-state index in [4.69, 9.17) is 14.5 Å². The quantitative estimate of drug-likeness (QED) is 0.419. The first-order valence-electron chi connectivity index (χ1n) is 11.3. The van der Waals surface area contributed by atoms with E-state index in [0.717, 1.165) is 61.0 Å². The van der Waals surface area contributed by atoms with Gasteiger partial charge in [-0.1, -0.05) is 18.2 Å². The molecule has 4 rings (SSSR count). The number of hydrogen-bond donors (Lipinski definition) is 2. The van der Waals surface area contributed by atoms with E-state index in [1.54, 1.807) is 7.05 Å². The molecule has 3 aromatic rings. The summed E-state index contributed by atoms with van der Waals surface area (Å²) in [6.07, 6.45) is 7.34. The molecule has 3 heterocycles. The smallest absolute Gasteiger partial charge is 0.191 e. The van der Waals surface area contributed by atoms with Crippen LogP contribution in [0.4, 0.5) is 0 Å². The summed E-state index contributed by atoms with van der Waals surface area (Å²) in [5, 5.41) is 6.78. The van der Waals surface area contributed by atoms with Gasteiger partial charge in [0.1, 0.15) is 18.0 Å². The minimum atomic E-state index is 0.203. The highest BCUT2D eigenvalue weighted by Crippen LogP contribution is 2.22. The molecule has 1 saturated heterocycles. The highest BCUT2D eigenvalue weighted by Gasteiger charge is 2.17. The highest BCUT2D eigenvalue weighted by molar-refractivity contribution is 5.79. The zero-order valence-electron chi connectivity index (χ0n) is 19.2. The maximum atomic E-state index is 6.11. The highest BCUT2D eigenvalue weighted by atomic mass is 16.5. The van der Waals surface area contributed by atoms with E-state index in [1.807, 2.05) is 12.3 Å². The number of aliphatic imine (C=N–C) groups is 1. The second kappa shape index (κ2) is 10.5. The normalized spacial score (nSPS) is 16.5. The van der Waals surface area contributed by atoms with Crippen LogP contribution in [0.15, 0.2) is 47.7 Å². The molecule has 7 heteroatoms. The summed E-state index contributed by atoms with van der Waals surface area (Å²) in [6.45, 7) is 6.99. The van der Waals surface area contributed by atoms with Crippen molar-refractivity contribution in [1.82, 2.24) is 20.0 Å². The largest absolute Gasteiger partial charge is 0.491 e. The van der Waals surface area contributed by atoms with Gasteiger partial charge in [-0.25, -0.2) is 4.98 Å². The molecule has 1 atom stereocenters. The average molecular weight is 436 g/mol. The first kappa shape index (κ1) is 22.1. The minimum Gasteiger partial charge on any atom is -0.491 e. The molecule has 1 aliphatic rings. The number of rotatable bonds is 8. The zero-order chi connectivity index (χ0) is 22.3. The SMILES string of the molecule is CN=C(NCCc1cn2cccc(C)c2n1)NCc1ccc(C)cc1OCC1CCCO1. The Hall–Kier alpha value is -3.06. The maximum Gasteiger partial charge on any atom is 0.191 e. The van der Waals surface area contributed by atoms with Gasteiger partial charge < -0.3 is 24.5 Å². The third-order valence-corrected chi connectivity index (χ3v) is 5.74. The molecule has 170 valence electrons. The van der Waals surface area contributed by atoms with Gasteiger partial charge in [-0.2, -0.15) is 0 Å². The number of aryl methyl sites for hydroxylation is 2. The number of imidazole rings is 1. The third kappa shape index (κ3) is 5.59. The lowest BCUT2D eigenvalue weighted by Gasteiger charge is -2.17. The number of pyridine rings is 1. The van der Waals surface area contributed by atoms with Crippen LogP contribution in [0.3, 0.4) is 0 Å². The van der Waals surface area contributed by atoms with Crippen molar-refractivity contribution in [1.29, 1.82) is 0 Å². The van der Waals surface area contributed by atoms with E-state index in [0.29, 0.717) is 13.2 Å². The van der Waals surface area contributed by atoms with Crippen molar-refractivity contribution in [2.45, 2.75) is 45.8 Å². The van der Waals surface area contributed by atoms with Gasteiger partial charge in [-0.05, 0) is 49.9 Å². The molecule has 1 aromatic carbocycles. The summed E-state index contributed by atoms with van der Waals surface area (Å²) in [7, 11) is 1.79. The topological polar surface area (TPSA) is 72.2 Å². The molecule has 0 bridgehead atoms. The minimum absolute atomic E-state index is 0.203. The lowest BCUT2D eigenvalue weighted by molar-refractivity contribution is 0.0676. The molecule has 0 saturated carbocycles. The summed E-state index contributed by atoms with van der Waals surface area (Å²) in [4.78, 5) is 9.09. The number of fused-ring (bicyclic) bond motifs is 1. The average Bonchev–Trinajstić information content (AvgIpc) is 3.46. The standard InChI is InChI=1S/C25H33N5O2/c1-18-8-9-20(23(14-18)32-17-22-7-5-13-31-22)15-28-25(26-3)27-11-10-21-16-30-12-4-6-19(2)24(30)29-21/h4,6,8-9,12,14,16,22H,5,7,10-11,13,15,17H2,1-3H3,(H2,26,27,28). The predicted molar refractivity (Wildman–Crippen MR) is 127 cm³/mol. The van der Waals surface area contributed by atoms with Crippen LogP contribution >= 0.6 is 0 Å². The number of benzene rings is 1. The van der Waals surface area contributed by atoms with Crippen molar-refractivity contribution in [3.8, 4) is 5.75 Å². The predicted octanol–water partition coefficient (Wildman–Crippen LogP) is 3.42. The Kier molecular flexibility index (Phi) is 7.27. The van der Waals surface area contributed by atoms with Gasteiger partial charge in [0.15, 0.2) is 5.96 Å². The number of guanidine groups is 1. The van der Waals surface area contributed by atoms with Gasteiger partial charge in [0.05, 0.1) is 11.8 Å². The first-order valence-corrected chi connectivity index (χ1v) is 11.3. The van der Waals surface area contributed by atoms with Gasteiger partial charge in [0.2, 0.25) is 0 Å². The summed E-state index contributed by atoms with van der Waals surface area (Å²) in [5.74, 6) is 1.67. The molecule has 7 nitrogen and oxygen atoms in total. The van der Waals surface area contributed by atoms with Crippen molar-refractivity contribution in [2.75, 3.05) is 26.8 Å². The summed E-state index contributed by atoms with van der Waals surface area (Å²) in [5.41, 5.74) is 5.54. The molecule has 32 heavy (non-hydrogen) atoms. The third-order valence-electron chi connectivity index (χ3n) is 5.74. The number of ether oxygens (including phenoxy) is 2. The van der Waals surface area contributed by atoms with Gasteiger partial charge in [0, 0.05) is 51.1 Å². The van der Waals surface area contributed by atoms with E-state index in [9.17, 15) is 0 Å². The van der Waals surface area contributed by atoms with Gasteiger partial charge in [-0.3, -0.25) is 4.99 Å². The van der Waals surface area contributed by atoms with Gasteiger partial charge in [-0.15, -0.1) is 0 Å². The molecular weight excluding hydrogens is 402 g/mol. The number of aromatic nitrogens is 2. The Bertz CT molecular complexity index is 1070. The van der Waals surface area contributed by atoms with Crippen molar-refractivity contribution < 1.29 is 9.47 Å². The van der Waals surface area contributed by atoms with E-state index < -0.39 is 0 Å². The van der Waals surface area contributed by atoms with E-state index in [-0.39, 0.29) is 6.10 Å². The van der Waals surface area contributed by atoms with Gasteiger partial charge >= 0.3 is 0 Å². The van der Waals surface area contributed by atoms with Crippen LogP contribution in [0.5, 0.6) is 5.75 Å². The fourth-order valence-corrected chi connectivity index (χ4v) is 3.93. The molecule has 1 fully saturated rings. The van der Waals surface area contributed by atoms with E-state index in [2.05, 4.69) is 64.3 Å². The number of hydrogen-bond acceptors (Lipinski definition) is 4. The zero-order valence-corrected chi connectivity index (χ0v) is 19.2. The van der Waals surface area contributed by atoms with Crippen molar-refractivity contribution in [2.24, 2.45) is 4.99 Å². The lowest BCUT2D eigenvalue weighted by Crippen LogP contribution is -2.38. The summed E-state index contributed by atoms with van der Waals surface area (Å²) in [6, 6.07) is 10.4. The molecule has 0 aliphatic carbocycles. The van der Waals surface area contributed by atoms with E-state index >= 15 is 0 Å². The Morgan fingerprint density at radius 2 is 2.19 bits per heavy atom. The Morgan fingerprint density at radius 1 is 1.28 bits per heavy atom. The molecular formula is C25H33N5O2. The number of nitrogens with zero attached hydrogens (tertiary/aromatic N) is 3. The Labute approximate surface area is 189 Å². The van der Waals surface area contributed by atoms with Crippen LogP contribution in [0, 0.1) is 13.8 Å². The van der Waals surface area contributed by atoms with Gasteiger partial charge in [0.25, 0.3) is 0 Å². The van der Waals surface area contributed by atoms with Crippen molar-refractivity contribution >= 4 is 11.6 Å². The van der Waals surface area contributed by atoms with Crippen LogP contribution in [0.1, 0.15) is 35.2 Å². The molecule has 0 radical (unpaired) electrons. The summed E-state index contributed by atoms with van der Waals surface area (Å²) >= 11 is 0. The Balaban J connectivity index is 1.29. The molecule has 2 aromatic heterocycles. The molecule has 1 unspecified atom stereocenters. The fourth-order valence-electron chi connectivity index (χ4n) is 3.93. The van der Waals surface area contributed by atoms with Crippen LogP contribution in [0.2, 0.25) is 0 Å². The monoisotopic (exact) mass is 435 g/mol. The van der Waals surface area contributed by atoms with E-state index in [1.165, 1.54) is 11.1 Å². The number of nitrogens with one attached hydrogen (secondary N) is 2. The second-order valence-electron chi connectivity index (χ2n) is 8.31. The van der Waals surface area contributed by atoms with Crippen LogP contribution < -0.4 is 15.4 Å². The second-order valence-corrected chi connectivity index (χ2v) is 8.31.